The van der Waals surface area contributed by atoms with Gasteiger partial charge in [0.05, 0.1) is 33.1 Å². The summed E-state index contributed by atoms with van der Waals surface area (Å²) < 4.78 is 47.5. The third-order valence-corrected chi connectivity index (χ3v) is 15.0. The molecule has 368 valence electrons. The first-order chi connectivity index (χ1) is 30.6. The highest BCUT2D eigenvalue weighted by Gasteiger charge is 2.48. The number of nitrogen functional groups attached to an aromatic ring is 1. The van der Waals surface area contributed by atoms with Crippen LogP contribution in [0.4, 0.5) is 17.5 Å². The fraction of sp³-hybridized carbons (Fsp3) is 0.915. The topological polar surface area (TPSA) is 199 Å². The third-order valence-electron chi connectivity index (χ3n) is 13.0. The number of nitrogens with two attached hydrogens (primary N) is 1. The minimum absolute atomic E-state index is 0.0236. The third kappa shape index (κ3) is 24.7. The van der Waals surface area contributed by atoms with Gasteiger partial charge in [-0.2, -0.15) is 4.98 Å². The van der Waals surface area contributed by atoms with Crippen molar-refractivity contribution in [2.45, 2.75) is 232 Å². The zero-order valence-electron chi connectivity index (χ0n) is 39.7. The Morgan fingerprint density at radius 3 is 1.35 bits per heavy atom. The van der Waals surface area contributed by atoms with Crippen molar-refractivity contribution in [1.82, 2.24) is 9.97 Å². The molecule has 0 amide bonds. The van der Waals surface area contributed by atoms with Crippen LogP contribution in [0.5, 0.6) is 0 Å². The average molecular weight is 932 g/mol. The van der Waals surface area contributed by atoms with E-state index >= 15 is 0 Å². The van der Waals surface area contributed by atoms with Crippen molar-refractivity contribution in [2.75, 3.05) is 49.0 Å². The first kappa shape index (κ1) is 55.8. The van der Waals surface area contributed by atoms with Crippen LogP contribution in [0.3, 0.4) is 0 Å². The molecule has 63 heavy (non-hydrogen) atoms. The zero-order valence-corrected chi connectivity index (χ0v) is 41.5. The number of rotatable bonds is 43. The number of aromatic amines is 1. The molecule has 0 radical (unpaired) electrons. The highest BCUT2D eigenvalue weighted by atomic mass is 31.2. The molecule has 0 saturated heterocycles. The van der Waals surface area contributed by atoms with Crippen molar-refractivity contribution in [1.29, 1.82) is 0 Å². The molecular weight excluding hydrogens is 840 g/mol. The second-order valence-electron chi connectivity index (χ2n) is 18.5. The summed E-state index contributed by atoms with van der Waals surface area (Å²) in [6.07, 6.45) is 40.2. The van der Waals surface area contributed by atoms with E-state index in [9.17, 15) is 23.7 Å². The van der Waals surface area contributed by atoms with E-state index in [1.165, 1.54) is 154 Å². The standard InChI is InChI=1S/C47H91N5O9P2/c1-3-5-7-9-11-13-15-17-19-21-23-25-27-29-31-33-35-58-62(54,55)60-38-41-37-43(52-40-49-44-45(52)50-47(48)51-46(44)53)42(41)39-61-63(56,57)59-36-34-32-30-28-26-24-22-20-18-16-14-12-10-8-6-4-2/h41-43,49H,3-40H2,1-2H3,(H,54,55)(H,56,57)(H3,48,50,51,53)/t41-,42-,43-/m1/s1. The molecule has 2 heterocycles. The van der Waals surface area contributed by atoms with E-state index in [4.69, 9.17) is 23.8 Å². The summed E-state index contributed by atoms with van der Waals surface area (Å²) in [6.45, 7) is 4.78. The Hall–Kier alpha value is -1.50. The molecule has 16 heteroatoms. The van der Waals surface area contributed by atoms with Crippen molar-refractivity contribution in [3.05, 3.63) is 10.4 Å². The molecule has 0 bridgehead atoms. The smallest absolute Gasteiger partial charge is 0.369 e. The molecule has 1 aromatic heterocycles. The van der Waals surface area contributed by atoms with Gasteiger partial charge in [0.1, 0.15) is 5.69 Å². The fourth-order valence-corrected chi connectivity index (χ4v) is 10.6. The van der Waals surface area contributed by atoms with Gasteiger partial charge >= 0.3 is 15.6 Å². The summed E-state index contributed by atoms with van der Waals surface area (Å²) in [4.78, 5) is 42.3. The van der Waals surface area contributed by atoms with Crippen LogP contribution in [0.15, 0.2) is 4.79 Å². The van der Waals surface area contributed by atoms with E-state index in [0.29, 0.717) is 30.8 Å². The van der Waals surface area contributed by atoms with Gasteiger partial charge in [-0.1, -0.05) is 206 Å². The summed E-state index contributed by atoms with van der Waals surface area (Å²) in [5, 5.41) is 3.06. The lowest BCUT2D eigenvalue weighted by molar-refractivity contribution is 0.0124. The van der Waals surface area contributed by atoms with Crippen molar-refractivity contribution < 1.29 is 37.0 Å². The van der Waals surface area contributed by atoms with Gasteiger partial charge in [-0.25, -0.2) is 9.13 Å². The Bertz CT molecular complexity index is 1470. The normalized spacial score (nSPS) is 19.1. The monoisotopic (exact) mass is 932 g/mol. The fourth-order valence-electron chi connectivity index (χ4n) is 9.04. The van der Waals surface area contributed by atoms with E-state index in [2.05, 4.69) is 29.1 Å². The molecule has 2 aliphatic rings. The Morgan fingerprint density at radius 2 is 0.952 bits per heavy atom. The maximum Gasteiger partial charge on any atom is 0.472 e. The molecule has 0 spiro atoms. The van der Waals surface area contributed by atoms with Gasteiger partial charge in [-0.3, -0.25) is 27.9 Å². The predicted octanol–water partition coefficient (Wildman–Crippen LogP) is 13.3. The first-order valence-electron chi connectivity index (χ1n) is 25.7. The molecule has 1 aromatic rings. The van der Waals surface area contributed by atoms with Crippen LogP contribution < -0.4 is 21.5 Å². The van der Waals surface area contributed by atoms with Crippen LogP contribution in [-0.2, 0) is 27.2 Å². The molecule has 1 saturated carbocycles. The van der Waals surface area contributed by atoms with Crippen LogP contribution in [0.25, 0.3) is 0 Å². The van der Waals surface area contributed by atoms with Gasteiger partial charge in [0.15, 0.2) is 5.82 Å². The lowest BCUT2D eigenvalue weighted by atomic mass is 9.69. The zero-order chi connectivity index (χ0) is 45.4. The van der Waals surface area contributed by atoms with Crippen LogP contribution >= 0.6 is 15.6 Å². The second kappa shape index (κ2) is 33.9. The number of fused-ring (bicyclic) bond motifs is 1. The molecule has 1 fully saturated rings. The van der Waals surface area contributed by atoms with Crippen LogP contribution in [0.1, 0.15) is 226 Å². The van der Waals surface area contributed by atoms with Gasteiger partial charge in [0, 0.05) is 12.0 Å². The summed E-state index contributed by atoms with van der Waals surface area (Å²) in [7, 11) is -8.69. The molecule has 5 atom stereocenters. The van der Waals surface area contributed by atoms with E-state index in [1.54, 1.807) is 0 Å². The first-order valence-corrected chi connectivity index (χ1v) is 28.7. The van der Waals surface area contributed by atoms with E-state index < -0.39 is 27.1 Å². The predicted molar refractivity (Wildman–Crippen MR) is 258 cm³/mol. The summed E-state index contributed by atoms with van der Waals surface area (Å²) >= 11 is 0. The number of nitrogens with zero attached hydrogens (tertiary/aromatic N) is 2. The number of phosphoric acid groups is 2. The SMILES string of the molecule is CCCCCCCCCCCCCCCCCCOP(=O)(O)OC[C@H]1C[C@@H](N2CNc3c2nc(N)[nH]c3=O)[C@@H]1COP(=O)(O)OCCCCCCCCCCCCCCCCCC. The largest absolute Gasteiger partial charge is 0.472 e. The number of phosphoric ester groups is 2. The number of H-pyrrole nitrogens is 1. The summed E-state index contributed by atoms with van der Waals surface area (Å²) in [6, 6.07) is -0.273. The number of unbranched alkanes of at least 4 members (excludes halogenated alkanes) is 30. The van der Waals surface area contributed by atoms with E-state index in [-0.39, 0.29) is 51.0 Å². The summed E-state index contributed by atoms with van der Waals surface area (Å²) in [5.41, 5.74) is 5.76. The van der Waals surface area contributed by atoms with Crippen LogP contribution in [-0.4, -0.2) is 58.9 Å². The van der Waals surface area contributed by atoms with E-state index in [0.717, 1.165) is 38.5 Å². The highest BCUT2D eigenvalue weighted by Crippen LogP contribution is 2.51. The molecule has 6 N–H and O–H groups in total. The number of anilines is 3. The van der Waals surface area contributed by atoms with Crippen LogP contribution in [0, 0.1) is 11.8 Å². The molecule has 1 aliphatic heterocycles. The molecular formula is C47H91N5O9P2. The molecule has 3 rings (SSSR count). The number of nitrogens with one attached hydrogen (secondary N) is 2. The Kier molecular flexibility index (Phi) is 30.0. The minimum atomic E-state index is -4.37. The van der Waals surface area contributed by atoms with Crippen molar-refractivity contribution in [3.63, 3.8) is 0 Å². The van der Waals surface area contributed by atoms with Gasteiger partial charge in [0.25, 0.3) is 5.56 Å². The maximum absolute atomic E-state index is 13.0. The van der Waals surface area contributed by atoms with Gasteiger partial charge in [0.2, 0.25) is 5.95 Å². The van der Waals surface area contributed by atoms with E-state index in [1.807, 2.05) is 4.90 Å². The Labute approximate surface area is 382 Å². The van der Waals surface area contributed by atoms with Crippen molar-refractivity contribution in [3.8, 4) is 0 Å². The summed E-state index contributed by atoms with van der Waals surface area (Å²) in [5.74, 6) is -0.338. The number of hydrogen-bond acceptors (Lipinski definition) is 11. The van der Waals surface area contributed by atoms with Crippen molar-refractivity contribution in [2.24, 2.45) is 11.8 Å². The Morgan fingerprint density at radius 1 is 0.587 bits per heavy atom. The highest BCUT2D eigenvalue weighted by molar-refractivity contribution is 7.47. The average Bonchev–Trinajstić information content (AvgIpc) is 3.66. The second-order valence-corrected chi connectivity index (χ2v) is 21.4. The lowest BCUT2D eigenvalue weighted by Crippen LogP contribution is -2.55. The maximum atomic E-state index is 13.0. The Balaban J connectivity index is 1.30. The van der Waals surface area contributed by atoms with Gasteiger partial charge in [-0.05, 0) is 25.2 Å². The number of hydrogen-bond donors (Lipinski definition) is 5. The van der Waals surface area contributed by atoms with Crippen molar-refractivity contribution >= 4 is 33.1 Å². The quantitative estimate of drug-likeness (QED) is 0.0306. The molecule has 1 aliphatic carbocycles. The molecule has 2 unspecified atom stereocenters. The molecule has 0 aromatic carbocycles. The van der Waals surface area contributed by atoms with Crippen LogP contribution in [0.2, 0.25) is 0 Å². The molecule has 14 nitrogen and oxygen atoms in total. The van der Waals surface area contributed by atoms with Gasteiger partial charge in [-0.15, -0.1) is 0 Å². The number of aromatic nitrogens is 2. The van der Waals surface area contributed by atoms with Gasteiger partial charge < -0.3 is 25.7 Å². The lowest BCUT2D eigenvalue weighted by Gasteiger charge is -2.48. The minimum Gasteiger partial charge on any atom is -0.369 e.